The molecule has 0 bridgehead atoms. The van der Waals surface area contributed by atoms with Gasteiger partial charge in [0.15, 0.2) is 0 Å². The van der Waals surface area contributed by atoms with Gasteiger partial charge in [-0.1, -0.05) is 18.2 Å². The number of hydrogen-bond donors (Lipinski definition) is 1. The molecular weight excluding hydrogens is 322 g/mol. The molecule has 1 N–H and O–H groups in total. The van der Waals surface area contributed by atoms with E-state index < -0.39 is 11.6 Å². The predicted octanol–water partition coefficient (Wildman–Crippen LogP) is 1.69. The summed E-state index contributed by atoms with van der Waals surface area (Å²) < 4.78 is 13.8. The van der Waals surface area contributed by atoms with Crippen molar-refractivity contribution in [2.24, 2.45) is 0 Å². The number of rotatable bonds is 7. The van der Waals surface area contributed by atoms with Crippen LogP contribution in [-0.2, 0) is 23.4 Å². The highest BCUT2D eigenvalue weighted by Crippen LogP contribution is 2.18. The second kappa shape index (κ2) is 7.84. The molecule has 0 aliphatic heterocycles. The SMILES string of the molecule is COc1ccccc1COCC(O)Cn1c(C)nn(C(C)(C)C)c1=O. The van der Waals surface area contributed by atoms with Gasteiger partial charge in [-0.15, -0.1) is 0 Å². The molecule has 0 saturated heterocycles. The molecule has 138 valence electrons. The summed E-state index contributed by atoms with van der Waals surface area (Å²) in [7, 11) is 1.61. The summed E-state index contributed by atoms with van der Waals surface area (Å²) in [6.07, 6.45) is -0.802. The van der Waals surface area contributed by atoms with E-state index in [2.05, 4.69) is 5.10 Å². The van der Waals surface area contributed by atoms with Gasteiger partial charge >= 0.3 is 5.69 Å². The fraction of sp³-hybridized carbons (Fsp3) is 0.556. The summed E-state index contributed by atoms with van der Waals surface area (Å²) in [6.45, 7) is 8.09. The number of nitrogens with zero attached hydrogens (tertiary/aromatic N) is 3. The van der Waals surface area contributed by atoms with E-state index in [1.54, 1.807) is 14.0 Å². The van der Waals surface area contributed by atoms with Crippen LogP contribution in [0.4, 0.5) is 0 Å². The zero-order valence-corrected chi connectivity index (χ0v) is 15.5. The van der Waals surface area contributed by atoms with Crippen LogP contribution in [0.15, 0.2) is 29.1 Å². The lowest BCUT2D eigenvalue weighted by Gasteiger charge is -2.17. The number of hydrogen-bond acceptors (Lipinski definition) is 5. The number of aliphatic hydroxyl groups is 1. The van der Waals surface area contributed by atoms with Gasteiger partial charge in [-0.3, -0.25) is 4.57 Å². The van der Waals surface area contributed by atoms with Gasteiger partial charge in [0.1, 0.15) is 11.6 Å². The minimum atomic E-state index is -0.802. The summed E-state index contributed by atoms with van der Waals surface area (Å²) in [6, 6.07) is 7.56. The summed E-state index contributed by atoms with van der Waals surface area (Å²) in [5.41, 5.74) is 0.276. The highest BCUT2D eigenvalue weighted by Gasteiger charge is 2.22. The molecule has 7 heteroatoms. The van der Waals surface area contributed by atoms with Crippen molar-refractivity contribution in [1.82, 2.24) is 14.3 Å². The Hall–Kier alpha value is -2.12. The highest BCUT2D eigenvalue weighted by molar-refractivity contribution is 5.32. The Morgan fingerprint density at radius 1 is 1.28 bits per heavy atom. The molecule has 7 nitrogen and oxygen atoms in total. The van der Waals surface area contributed by atoms with E-state index in [1.165, 1.54) is 9.25 Å². The van der Waals surface area contributed by atoms with Gasteiger partial charge in [0, 0.05) is 5.56 Å². The molecule has 1 aromatic carbocycles. The zero-order chi connectivity index (χ0) is 18.6. The number of aliphatic hydroxyl groups excluding tert-OH is 1. The lowest BCUT2D eigenvalue weighted by atomic mass is 10.1. The van der Waals surface area contributed by atoms with Crippen molar-refractivity contribution in [3.05, 3.63) is 46.1 Å². The predicted molar refractivity (Wildman–Crippen MR) is 94.9 cm³/mol. The van der Waals surface area contributed by atoms with Crippen LogP contribution in [-0.4, -0.2) is 39.3 Å². The third-order valence-electron chi connectivity index (χ3n) is 3.84. The highest BCUT2D eigenvalue weighted by atomic mass is 16.5. The monoisotopic (exact) mass is 349 g/mol. The molecule has 0 fully saturated rings. The van der Waals surface area contributed by atoms with Gasteiger partial charge in [0.05, 0.1) is 38.5 Å². The minimum Gasteiger partial charge on any atom is -0.496 e. The molecular formula is C18H27N3O4. The van der Waals surface area contributed by atoms with Crippen LogP contribution in [0, 0.1) is 6.92 Å². The number of methoxy groups -OCH3 is 1. The van der Waals surface area contributed by atoms with Crippen molar-refractivity contribution >= 4 is 0 Å². The molecule has 25 heavy (non-hydrogen) atoms. The van der Waals surface area contributed by atoms with Crippen molar-refractivity contribution in [2.75, 3.05) is 13.7 Å². The van der Waals surface area contributed by atoms with Gasteiger partial charge < -0.3 is 14.6 Å². The molecule has 0 aliphatic rings. The van der Waals surface area contributed by atoms with Crippen LogP contribution in [0.25, 0.3) is 0 Å². The fourth-order valence-corrected chi connectivity index (χ4v) is 2.53. The number of aryl methyl sites for hydroxylation is 1. The first kappa shape index (κ1) is 19.2. The quantitative estimate of drug-likeness (QED) is 0.823. The van der Waals surface area contributed by atoms with E-state index in [9.17, 15) is 9.90 Å². The Labute approximate surface area is 147 Å². The van der Waals surface area contributed by atoms with Gasteiger partial charge in [0.25, 0.3) is 0 Å². The summed E-state index contributed by atoms with van der Waals surface area (Å²) in [5, 5.41) is 14.5. The van der Waals surface area contributed by atoms with Gasteiger partial charge in [-0.25, -0.2) is 9.48 Å². The molecule has 2 aromatic rings. The Morgan fingerprint density at radius 2 is 1.96 bits per heavy atom. The maximum atomic E-state index is 12.4. The van der Waals surface area contributed by atoms with Crippen LogP contribution in [0.5, 0.6) is 5.75 Å². The molecule has 0 amide bonds. The second-order valence-electron chi connectivity index (χ2n) is 7.00. The van der Waals surface area contributed by atoms with E-state index in [-0.39, 0.29) is 18.8 Å². The zero-order valence-electron chi connectivity index (χ0n) is 15.5. The van der Waals surface area contributed by atoms with Crippen molar-refractivity contribution < 1.29 is 14.6 Å². The van der Waals surface area contributed by atoms with Gasteiger partial charge in [-0.05, 0) is 33.8 Å². The summed E-state index contributed by atoms with van der Waals surface area (Å²) in [4.78, 5) is 12.4. The average Bonchev–Trinajstić information content (AvgIpc) is 2.83. The average molecular weight is 349 g/mol. The number of para-hydroxylation sites is 1. The number of aromatic nitrogens is 3. The third-order valence-corrected chi connectivity index (χ3v) is 3.84. The lowest BCUT2D eigenvalue weighted by molar-refractivity contribution is 0.0189. The first-order valence-electron chi connectivity index (χ1n) is 8.28. The number of benzene rings is 1. The third kappa shape index (κ3) is 4.70. The largest absolute Gasteiger partial charge is 0.496 e. The van der Waals surface area contributed by atoms with Gasteiger partial charge in [-0.2, -0.15) is 5.10 Å². The molecule has 2 rings (SSSR count). The molecule has 0 saturated carbocycles. The summed E-state index contributed by atoms with van der Waals surface area (Å²) in [5.74, 6) is 1.32. The lowest BCUT2D eigenvalue weighted by Crippen LogP contribution is -2.37. The van der Waals surface area contributed by atoms with Crippen LogP contribution >= 0.6 is 0 Å². The Bertz CT molecular complexity index is 758. The first-order chi connectivity index (χ1) is 11.7. The van der Waals surface area contributed by atoms with Crippen molar-refractivity contribution in [2.45, 2.75) is 52.5 Å². The first-order valence-corrected chi connectivity index (χ1v) is 8.28. The normalized spacial score (nSPS) is 13.0. The second-order valence-corrected chi connectivity index (χ2v) is 7.00. The maximum absolute atomic E-state index is 12.4. The van der Waals surface area contributed by atoms with E-state index in [0.29, 0.717) is 12.4 Å². The Morgan fingerprint density at radius 3 is 2.56 bits per heavy atom. The molecule has 0 aliphatic carbocycles. The molecule has 1 heterocycles. The van der Waals surface area contributed by atoms with Crippen LogP contribution < -0.4 is 10.4 Å². The van der Waals surface area contributed by atoms with E-state index >= 15 is 0 Å². The maximum Gasteiger partial charge on any atom is 0.346 e. The smallest absolute Gasteiger partial charge is 0.346 e. The topological polar surface area (TPSA) is 78.5 Å². The fourth-order valence-electron chi connectivity index (χ4n) is 2.53. The van der Waals surface area contributed by atoms with E-state index in [1.807, 2.05) is 45.0 Å². The number of ether oxygens (including phenoxy) is 2. The molecule has 0 radical (unpaired) electrons. The van der Waals surface area contributed by atoms with E-state index in [4.69, 9.17) is 9.47 Å². The Balaban J connectivity index is 1.96. The molecule has 1 aromatic heterocycles. The minimum absolute atomic E-state index is 0.116. The molecule has 0 spiro atoms. The van der Waals surface area contributed by atoms with E-state index in [0.717, 1.165) is 11.3 Å². The standard InChI is InChI=1S/C18H27N3O4/c1-13-19-21(18(2,3)4)17(23)20(13)10-15(22)12-25-11-14-8-6-7-9-16(14)24-5/h6-9,15,22H,10-12H2,1-5H3. The van der Waals surface area contributed by atoms with Crippen molar-refractivity contribution in [1.29, 1.82) is 0 Å². The summed E-state index contributed by atoms with van der Waals surface area (Å²) >= 11 is 0. The van der Waals surface area contributed by atoms with Crippen LogP contribution in [0.1, 0.15) is 32.2 Å². The Kier molecular flexibility index (Phi) is 6.02. The van der Waals surface area contributed by atoms with Gasteiger partial charge in [0.2, 0.25) is 0 Å². The molecule has 1 atom stereocenters. The molecule has 1 unspecified atom stereocenters. The van der Waals surface area contributed by atoms with Crippen LogP contribution in [0.2, 0.25) is 0 Å². The van der Waals surface area contributed by atoms with Crippen LogP contribution in [0.3, 0.4) is 0 Å². The van der Waals surface area contributed by atoms with Crippen molar-refractivity contribution in [3.63, 3.8) is 0 Å². The van der Waals surface area contributed by atoms with Crippen molar-refractivity contribution in [3.8, 4) is 5.75 Å².